The summed E-state index contributed by atoms with van der Waals surface area (Å²) in [6, 6.07) is 5.01. The fraction of sp³-hybridized carbons (Fsp3) is 0.214. The van der Waals surface area contributed by atoms with E-state index in [9.17, 15) is 8.42 Å². The second-order valence-electron chi connectivity index (χ2n) is 4.41. The summed E-state index contributed by atoms with van der Waals surface area (Å²) < 4.78 is 27.3. The van der Waals surface area contributed by atoms with Crippen molar-refractivity contribution in [3.8, 4) is 11.8 Å². The molecule has 2 aromatic rings. The maximum absolute atomic E-state index is 12.4. The van der Waals surface area contributed by atoms with Crippen molar-refractivity contribution in [3.63, 3.8) is 0 Å². The Kier molecular flexibility index (Phi) is 4.75. The van der Waals surface area contributed by atoms with Gasteiger partial charge in [0.1, 0.15) is 0 Å². The summed E-state index contributed by atoms with van der Waals surface area (Å²) in [5, 5.41) is 0. The molecule has 6 nitrogen and oxygen atoms in total. The molecule has 21 heavy (non-hydrogen) atoms. The summed E-state index contributed by atoms with van der Waals surface area (Å²) in [5.41, 5.74) is 7.40. The summed E-state index contributed by atoms with van der Waals surface area (Å²) in [6.07, 6.45) is 3.06. The number of nitrogens with one attached hydrogen (secondary N) is 2. The lowest BCUT2D eigenvalue weighted by Gasteiger charge is -2.08. The molecule has 0 fully saturated rings. The number of hydrogen-bond donors (Lipinski definition) is 3. The lowest BCUT2D eigenvalue weighted by molar-refractivity contribution is 0.580. The lowest BCUT2D eigenvalue weighted by atomic mass is 10.1. The topological polar surface area (TPSA) is 101 Å². The zero-order valence-corrected chi connectivity index (χ0v) is 12.4. The number of H-pyrrole nitrogens is 1. The number of aromatic nitrogens is 2. The van der Waals surface area contributed by atoms with Crippen molar-refractivity contribution in [1.29, 1.82) is 0 Å². The van der Waals surface area contributed by atoms with Crippen LogP contribution in [0.5, 0.6) is 0 Å². The number of aromatic amines is 1. The third kappa shape index (κ3) is 3.92. The van der Waals surface area contributed by atoms with Crippen molar-refractivity contribution in [2.45, 2.75) is 18.4 Å². The molecule has 0 aliphatic rings. The number of nitrogens with zero attached hydrogens (tertiary/aromatic N) is 1. The van der Waals surface area contributed by atoms with E-state index < -0.39 is 10.0 Å². The standard InChI is InChI=1S/C14H16N4O2S/c1-11-4-5-14(12(7-11)3-2-6-15)21(19,20)18-9-13-8-16-10-17-13/h4-5,7-8,10,18H,6,9,15H2,1H3,(H,16,17). The number of nitrogens with two attached hydrogens (primary N) is 1. The Balaban J connectivity index is 2.30. The Bertz CT molecular complexity index is 771. The van der Waals surface area contributed by atoms with Crippen LogP contribution in [-0.4, -0.2) is 24.9 Å². The van der Waals surface area contributed by atoms with Crippen molar-refractivity contribution in [3.05, 3.63) is 47.5 Å². The Labute approximate surface area is 123 Å². The van der Waals surface area contributed by atoms with Gasteiger partial charge < -0.3 is 10.7 Å². The summed E-state index contributed by atoms with van der Waals surface area (Å²) in [4.78, 5) is 6.82. The number of sulfonamides is 1. The second kappa shape index (κ2) is 6.54. The van der Waals surface area contributed by atoms with E-state index in [-0.39, 0.29) is 18.0 Å². The molecule has 7 heteroatoms. The second-order valence-corrected chi connectivity index (χ2v) is 6.14. The van der Waals surface area contributed by atoms with Crippen LogP contribution >= 0.6 is 0 Å². The molecule has 0 atom stereocenters. The van der Waals surface area contributed by atoms with Crippen LogP contribution in [0.2, 0.25) is 0 Å². The minimum absolute atomic E-state index is 0.139. The first-order chi connectivity index (χ1) is 10.0. The first kappa shape index (κ1) is 15.3. The van der Waals surface area contributed by atoms with Crippen LogP contribution in [-0.2, 0) is 16.6 Å². The van der Waals surface area contributed by atoms with Gasteiger partial charge in [-0.25, -0.2) is 18.1 Å². The normalized spacial score (nSPS) is 11.0. The first-order valence-electron chi connectivity index (χ1n) is 6.29. The van der Waals surface area contributed by atoms with Crippen LogP contribution in [0.3, 0.4) is 0 Å². The van der Waals surface area contributed by atoms with Gasteiger partial charge in [0.25, 0.3) is 0 Å². The largest absolute Gasteiger partial charge is 0.347 e. The number of imidazole rings is 1. The Morgan fingerprint density at radius 2 is 2.24 bits per heavy atom. The molecule has 1 aromatic heterocycles. The SMILES string of the molecule is Cc1ccc(S(=O)(=O)NCc2cnc[nH]2)c(C#CCN)c1. The number of benzene rings is 1. The van der Waals surface area contributed by atoms with Gasteiger partial charge in [-0.1, -0.05) is 17.9 Å². The first-order valence-corrected chi connectivity index (χ1v) is 7.78. The van der Waals surface area contributed by atoms with Gasteiger partial charge in [-0.3, -0.25) is 0 Å². The van der Waals surface area contributed by atoms with Crippen LogP contribution in [0.15, 0.2) is 35.6 Å². The monoisotopic (exact) mass is 304 g/mol. The molecule has 4 N–H and O–H groups in total. The maximum atomic E-state index is 12.4. The highest BCUT2D eigenvalue weighted by molar-refractivity contribution is 7.89. The van der Waals surface area contributed by atoms with Crippen molar-refractivity contribution < 1.29 is 8.42 Å². The van der Waals surface area contributed by atoms with Gasteiger partial charge in [-0.15, -0.1) is 0 Å². The smallest absolute Gasteiger partial charge is 0.242 e. The molecule has 0 aliphatic heterocycles. The fourth-order valence-corrected chi connectivity index (χ4v) is 2.90. The van der Waals surface area contributed by atoms with Crippen molar-refractivity contribution in [2.24, 2.45) is 5.73 Å². The lowest BCUT2D eigenvalue weighted by Crippen LogP contribution is -2.24. The van der Waals surface area contributed by atoms with Crippen molar-refractivity contribution in [1.82, 2.24) is 14.7 Å². The predicted octanol–water partition coefficient (Wildman–Crippen LogP) is 0.507. The van der Waals surface area contributed by atoms with Gasteiger partial charge in [-0.05, 0) is 24.6 Å². The zero-order valence-electron chi connectivity index (χ0n) is 11.6. The van der Waals surface area contributed by atoms with E-state index in [1.807, 2.05) is 6.92 Å². The van der Waals surface area contributed by atoms with Crippen LogP contribution < -0.4 is 10.5 Å². The van der Waals surface area contributed by atoms with Gasteiger partial charge in [-0.2, -0.15) is 0 Å². The molecule has 0 spiro atoms. The highest BCUT2D eigenvalue weighted by Gasteiger charge is 2.17. The molecule has 0 radical (unpaired) electrons. The minimum atomic E-state index is -3.66. The molecular weight excluding hydrogens is 288 g/mol. The van der Waals surface area contributed by atoms with Gasteiger partial charge in [0.05, 0.1) is 24.3 Å². The summed E-state index contributed by atoms with van der Waals surface area (Å²) in [6.45, 7) is 2.19. The molecule has 0 aliphatic carbocycles. The van der Waals surface area contributed by atoms with E-state index in [0.717, 1.165) is 5.56 Å². The van der Waals surface area contributed by atoms with Crippen molar-refractivity contribution >= 4 is 10.0 Å². The van der Waals surface area contributed by atoms with Crippen LogP contribution in [0, 0.1) is 18.8 Å². The highest BCUT2D eigenvalue weighted by atomic mass is 32.2. The summed E-state index contributed by atoms with van der Waals surface area (Å²) in [5.74, 6) is 5.48. The third-order valence-corrected chi connectivity index (χ3v) is 4.22. The number of hydrogen-bond acceptors (Lipinski definition) is 4. The molecule has 0 saturated heterocycles. The van der Waals surface area contributed by atoms with Crippen molar-refractivity contribution in [2.75, 3.05) is 6.54 Å². The maximum Gasteiger partial charge on any atom is 0.242 e. The Hall–Kier alpha value is -2.14. The molecule has 0 amide bonds. The molecule has 0 unspecified atom stereocenters. The molecule has 1 heterocycles. The molecule has 110 valence electrons. The van der Waals surface area contributed by atoms with Gasteiger partial charge >= 0.3 is 0 Å². The molecule has 2 rings (SSSR count). The van der Waals surface area contributed by atoms with E-state index in [2.05, 4.69) is 26.5 Å². The molecule has 1 aromatic carbocycles. The Morgan fingerprint density at radius 3 is 2.90 bits per heavy atom. The summed E-state index contributed by atoms with van der Waals surface area (Å²) >= 11 is 0. The molecule has 0 saturated carbocycles. The highest BCUT2D eigenvalue weighted by Crippen LogP contribution is 2.16. The predicted molar refractivity (Wildman–Crippen MR) is 79.7 cm³/mol. The average Bonchev–Trinajstić information content (AvgIpc) is 2.96. The zero-order chi connectivity index (χ0) is 15.3. The average molecular weight is 304 g/mol. The van der Waals surface area contributed by atoms with Crippen LogP contribution in [0.1, 0.15) is 16.8 Å². The third-order valence-electron chi connectivity index (χ3n) is 2.76. The minimum Gasteiger partial charge on any atom is -0.347 e. The number of aryl methyl sites for hydroxylation is 1. The van der Waals surface area contributed by atoms with Crippen LogP contribution in [0.25, 0.3) is 0 Å². The van der Waals surface area contributed by atoms with Gasteiger partial charge in [0, 0.05) is 17.5 Å². The summed E-state index contributed by atoms with van der Waals surface area (Å²) in [7, 11) is -3.66. The van der Waals surface area contributed by atoms with E-state index in [0.29, 0.717) is 11.3 Å². The molecular formula is C14H16N4O2S. The quantitative estimate of drug-likeness (QED) is 0.716. The number of rotatable bonds is 4. The van der Waals surface area contributed by atoms with E-state index >= 15 is 0 Å². The van der Waals surface area contributed by atoms with E-state index in [1.165, 1.54) is 6.33 Å². The van der Waals surface area contributed by atoms with Crippen LogP contribution in [0.4, 0.5) is 0 Å². The fourth-order valence-electron chi connectivity index (χ4n) is 1.75. The van der Waals surface area contributed by atoms with E-state index in [1.54, 1.807) is 24.4 Å². The Morgan fingerprint density at radius 1 is 1.43 bits per heavy atom. The van der Waals surface area contributed by atoms with E-state index in [4.69, 9.17) is 5.73 Å². The van der Waals surface area contributed by atoms with Gasteiger partial charge in [0.15, 0.2) is 0 Å². The van der Waals surface area contributed by atoms with Gasteiger partial charge in [0.2, 0.25) is 10.0 Å². The molecule has 0 bridgehead atoms.